The molecule has 0 fully saturated rings. The van der Waals surface area contributed by atoms with Gasteiger partial charge in [-0.3, -0.25) is 0 Å². The van der Waals surface area contributed by atoms with Crippen LogP contribution in [0.15, 0.2) is 6.07 Å². The van der Waals surface area contributed by atoms with Gasteiger partial charge in [-0.15, -0.1) is 11.3 Å². The van der Waals surface area contributed by atoms with E-state index >= 15 is 0 Å². The topological polar surface area (TPSA) is 65.2 Å². The van der Waals surface area contributed by atoms with Gasteiger partial charge in [0.2, 0.25) is 0 Å². The van der Waals surface area contributed by atoms with E-state index in [-0.39, 0.29) is 5.97 Å². The molecule has 2 rings (SSSR count). The molecule has 2 heterocycles. The molecule has 0 aliphatic heterocycles. The predicted molar refractivity (Wildman–Crippen MR) is 102 cm³/mol. The van der Waals surface area contributed by atoms with Gasteiger partial charge in [-0.1, -0.05) is 45.4 Å². The maximum Gasteiger partial charge on any atom is 0.350 e. The normalized spacial score (nSPS) is 11.1. The third-order valence-electron chi connectivity index (χ3n) is 4.19. The molecule has 0 radical (unpaired) electrons. The van der Waals surface area contributed by atoms with E-state index in [1.807, 2.05) is 19.9 Å². The summed E-state index contributed by atoms with van der Waals surface area (Å²) in [5, 5.41) is 0.883. The van der Waals surface area contributed by atoms with Gasteiger partial charge in [0.1, 0.15) is 9.71 Å². The molecule has 0 aliphatic carbocycles. The Kier molecular flexibility index (Phi) is 7.03. The lowest BCUT2D eigenvalue weighted by Crippen LogP contribution is -2.06. The van der Waals surface area contributed by atoms with Crippen LogP contribution in [0.5, 0.6) is 0 Å². The zero-order valence-electron chi connectivity index (χ0n) is 15.0. The number of nitrogen functional groups attached to an aromatic ring is 1. The van der Waals surface area contributed by atoms with Crippen LogP contribution >= 0.6 is 11.3 Å². The molecule has 4 nitrogen and oxygen atoms in total. The van der Waals surface area contributed by atoms with Crippen LogP contribution in [0.25, 0.3) is 10.2 Å². The van der Waals surface area contributed by atoms with Crippen LogP contribution in [0.4, 0.5) is 5.69 Å². The number of carbonyl (C=O) groups is 1. The molecule has 0 saturated carbocycles. The van der Waals surface area contributed by atoms with Crippen molar-refractivity contribution in [3.63, 3.8) is 0 Å². The highest BCUT2D eigenvalue weighted by Crippen LogP contribution is 2.35. The highest BCUT2D eigenvalue weighted by atomic mass is 32.1. The monoisotopic (exact) mass is 348 g/mol. The molecule has 132 valence electrons. The number of nitrogens with zero attached hydrogens (tertiary/aromatic N) is 1. The summed E-state index contributed by atoms with van der Waals surface area (Å²) in [6.45, 7) is 6.62. The Morgan fingerprint density at radius 3 is 2.54 bits per heavy atom. The van der Waals surface area contributed by atoms with Crippen LogP contribution in [0.1, 0.15) is 72.8 Å². The Morgan fingerprint density at radius 1 is 1.17 bits per heavy atom. The van der Waals surface area contributed by atoms with E-state index in [0.29, 0.717) is 17.2 Å². The summed E-state index contributed by atoms with van der Waals surface area (Å²) in [6.07, 6.45) is 8.40. The number of nitrogens with two attached hydrogens (primary N) is 1. The number of fused-ring (bicyclic) bond motifs is 1. The fraction of sp³-hybridized carbons (Fsp3) is 0.579. The van der Waals surface area contributed by atoms with Crippen molar-refractivity contribution >= 4 is 33.2 Å². The van der Waals surface area contributed by atoms with Crippen LogP contribution in [-0.2, 0) is 4.74 Å². The van der Waals surface area contributed by atoms with Gasteiger partial charge in [0.25, 0.3) is 0 Å². The number of carbonyl (C=O) groups excluding carboxylic acids is 1. The van der Waals surface area contributed by atoms with E-state index in [9.17, 15) is 4.79 Å². The largest absolute Gasteiger partial charge is 0.461 e. The molecule has 2 N–H and O–H groups in total. The molecule has 0 bridgehead atoms. The molecular formula is C19H28N2O2S. The van der Waals surface area contributed by atoms with Crippen LogP contribution in [0.2, 0.25) is 0 Å². The summed E-state index contributed by atoms with van der Waals surface area (Å²) < 4.78 is 5.40. The van der Waals surface area contributed by atoms with Crippen molar-refractivity contribution in [2.45, 2.75) is 65.7 Å². The molecule has 0 aromatic carbocycles. The van der Waals surface area contributed by atoms with E-state index < -0.39 is 0 Å². The number of rotatable bonds is 9. The van der Waals surface area contributed by atoms with Gasteiger partial charge in [0.15, 0.2) is 0 Å². The third kappa shape index (κ3) is 4.69. The Morgan fingerprint density at radius 2 is 1.83 bits per heavy atom. The lowest BCUT2D eigenvalue weighted by molar-refractivity contribution is 0.0504. The molecular weight excluding hydrogens is 320 g/mol. The van der Waals surface area contributed by atoms with Crippen molar-refractivity contribution in [2.75, 3.05) is 12.3 Å². The van der Waals surface area contributed by atoms with Crippen molar-refractivity contribution in [3.05, 3.63) is 22.2 Å². The Balaban J connectivity index is 1.86. The highest BCUT2D eigenvalue weighted by Gasteiger charge is 2.19. The molecule has 5 heteroatoms. The minimum atomic E-state index is -0.321. The first-order valence-electron chi connectivity index (χ1n) is 8.88. The number of aryl methyl sites for hydroxylation is 2. The van der Waals surface area contributed by atoms with Crippen LogP contribution in [0, 0.1) is 13.8 Å². The van der Waals surface area contributed by atoms with Gasteiger partial charge in [-0.05, 0) is 31.9 Å². The number of esters is 1. The second-order valence-corrected chi connectivity index (χ2v) is 7.36. The second-order valence-electron chi connectivity index (χ2n) is 6.36. The average molecular weight is 349 g/mol. The van der Waals surface area contributed by atoms with Gasteiger partial charge in [-0.25, -0.2) is 9.78 Å². The van der Waals surface area contributed by atoms with Gasteiger partial charge in [0, 0.05) is 11.1 Å². The van der Waals surface area contributed by atoms with E-state index in [1.165, 1.54) is 43.4 Å². The van der Waals surface area contributed by atoms with E-state index in [2.05, 4.69) is 11.9 Å². The van der Waals surface area contributed by atoms with Crippen LogP contribution in [0.3, 0.4) is 0 Å². The van der Waals surface area contributed by atoms with Crippen molar-refractivity contribution < 1.29 is 9.53 Å². The number of pyridine rings is 1. The number of hydrogen-bond acceptors (Lipinski definition) is 5. The first kappa shape index (κ1) is 18.7. The summed E-state index contributed by atoms with van der Waals surface area (Å²) in [6, 6.07) is 1.99. The average Bonchev–Trinajstić information content (AvgIpc) is 2.86. The molecule has 2 aromatic rings. The molecule has 0 atom stereocenters. The van der Waals surface area contributed by atoms with E-state index in [4.69, 9.17) is 10.5 Å². The zero-order chi connectivity index (χ0) is 17.5. The number of aromatic nitrogens is 1. The molecule has 0 aliphatic rings. The summed E-state index contributed by atoms with van der Waals surface area (Å²) >= 11 is 1.33. The minimum Gasteiger partial charge on any atom is -0.461 e. The summed E-state index contributed by atoms with van der Waals surface area (Å²) in [4.78, 5) is 18.1. The molecule has 0 saturated heterocycles. The maximum absolute atomic E-state index is 12.3. The van der Waals surface area contributed by atoms with Gasteiger partial charge in [0.05, 0.1) is 12.3 Å². The fourth-order valence-electron chi connectivity index (χ4n) is 2.91. The molecule has 0 amide bonds. The van der Waals surface area contributed by atoms with Crippen molar-refractivity contribution in [3.8, 4) is 0 Å². The number of hydrogen-bond donors (Lipinski definition) is 1. The summed E-state index contributed by atoms with van der Waals surface area (Å²) in [5.74, 6) is -0.321. The van der Waals surface area contributed by atoms with Gasteiger partial charge >= 0.3 is 5.97 Å². The van der Waals surface area contributed by atoms with Crippen molar-refractivity contribution in [1.29, 1.82) is 0 Å². The Hall–Kier alpha value is -1.62. The third-order valence-corrected chi connectivity index (χ3v) is 5.27. The van der Waals surface area contributed by atoms with Crippen LogP contribution < -0.4 is 5.73 Å². The first-order valence-corrected chi connectivity index (χ1v) is 9.69. The molecule has 0 spiro atoms. The Bertz CT molecular complexity index is 694. The lowest BCUT2D eigenvalue weighted by atomic mass is 10.1. The molecule has 0 unspecified atom stereocenters. The lowest BCUT2D eigenvalue weighted by Gasteiger charge is -2.04. The summed E-state index contributed by atoms with van der Waals surface area (Å²) in [5.41, 5.74) is 8.65. The fourth-order valence-corrected chi connectivity index (χ4v) is 4.02. The molecule has 24 heavy (non-hydrogen) atoms. The number of unbranched alkanes of at least 4 members (excludes halogenated alkanes) is 6. The first-order chi connectivity index (χ1) is 11.5. The number of thiophene rings is 1. The van der Waals surface area contributed by atoms with E-state index in [1.54, 1.807) is 0 Å². The predicted octanol–water partition coefficient (Wildman–Crippen LogP) is 5.40. The quantitative estimate of drug-likeness (QED) is 0.486. The Labute approximate surface area is 148 Å². The van der Waals surface area contributed by atoms with Gasteiger partial charge < -0.3 is 10.5 Å². The number of ether oxygens (including phenoxy) is 1. The van der Waals surface area contributed by atoms with Gasteiger partial charge in [-0.2, -0.15) is 0 Å². The number of anilines is 1. The smallest absolute Gasteiger partial charge is 0.350 e. The molecule has 2 aromatic heterocycles. The maximum atomic E-state index is 12.3. The standard InChI is InChI=1S/C19H28N2O2S/c1-4-5-6-7-8-9-10-11-23-19(22)17-16(20)15-13(2)12-14(3)21-18(15)24-17/h12H,4-11,20H2,1-3H3. The highest BCUT2D eigenvalue weighted by molar-refractivity contribution is 7.21. The van der Waals surface area contributed by atoms with E-state index in [0.717, 1.165) is 34.3 Å². The zero-order valence-corrected chi connectivity index (χ0v) is 15.8. The van der Waals surface area contributed by atoms with Crippen molar-refractivity contribution in [1.82, 2.24) is 4.98 Å². The van der Waals surface area contributed by atoms with Crippen LogP contribution in [-0.4, -0.2) is 17.6 Å². The minimum absolute atomic E-state index is 0.321. The second kappa shape index (κ2) is 9.02. The summed E-state index contributed by atoms with van der Waals surface area (Å²) in [7, 11) is 0. The SMILES string of the molecule is CCCCCCCCCOC(=O)c1sc2nc(C)cc(C)c2c1N. The van der Waals surface area contributed by atoms with Crippen molar-refractivity contribution in [2.24, 2.45) is 0 Å².